The summed E-state index contributed by atoms with van der Waals surface area (Å²) in [5.41, 5.74) is 6.03. The van der Waals surface area contributed by atoms with Gasteiger partial charge >= 0.3 is 0 Å². The molecule has 0 radical (unpaired) electrons. The van der Waals surface area contributed by atoms with E-state index in [0.29, 0.717) is 0 Å². The van der Waals surface area contributed by atoms with Gasteiger partial charge in [0.2, 0.25) is 0 Å². The number of nitrogens with one attached hydrogen (secondary N) is 2. The number of hydrogen-bond acceptors (Lipinski definition) is 6. The number of nitrogens with zero attached hydrogens (tertiary/aromatic N) is 2. The maximum atomic E-state index is 3.02. The average Bonchev–Trinajstić information content (AvgIpc) is 2.59. The standard InChI is InChI=1S/C4H6N4S2/c1-3-9-7(5-1)8-6-2-4-10-8/h1-6H. The van der Waals surface area contributed by atoms with E-state index in [1.807, 2.05) is 32.3 Å². The normalized spacial score (nSPS) is 25.2. The molecule has 54 valence electrons. The third kappa shape index (κ3) is 1.10. The van der Waals surface area contributed by atoms with Crippen molar-refractivity contribution in [2.45, 2.75) is 0 Å². The molecule has 2 heterocycles. The fourth-order valence-electron chi connectivity index (χ4n) is 0.616. The molecule has 0 aromatic carbocycles. The predicted molar refractivity (Wildman–Crippen MR) is 43.4 cm³/mol. The fourth-order valence-corrected chi connectivity index (χ4v) is 1.83. The van der Waals surface area contributed by atoms with Crippen molar-refractivity contribution in [2.75, 3.05) is 0 Å². The van der Waals surface area contributed by atoms with Gasteiger partial charge in [0.1, 0.15) is 0 Å². The van der Waals surface area contributed by atoms with Crippen molar-refractivity contribution in [1.29, 1.82) is 0 Å². The first kappa shape index (κ1) is 6.41. The van der Waals surface area contributed by atoms with Crippen LogP contribution in [0.1, 0.15) is 0 Å². The van der Waals surface area contributed by atoms with Crippen LogP contribution in [0.15, 0.2) is 23.2 Å². The van der Waals surface area contributed by atoms with Crippen molar-refractivity contribution in [3.63, 3.8) is 0 Å². The first-order valence-corrected chi connectivity index (χ1v) is 4.40. The highest BCUT2D eigenvalue weighted by Crippen LogP contribution is 2.24. The van der Waals surface area contributed by atoms with Crippen LogP contribution in [0.4, 0.5) is 0 Å². The highest BCUT2D eigenvalue weighted by atomic mass is 32.2. The Kier molecular flexibility index (Phi) is 1.76. The third-order valence-corrected chi connectivity index (χ3v) is 2.55. The van der Waals surface area contributed by atoms with E-state index in [1.54, 1.807) is 23.9 Å². The van der Waals surface area contributed by atoms with E-state index in [1.165, 1.54) is 0 Å². The van der Waals surface area contributed by atoms with Crippen LogP contribution >= 0.6 is 23.9 Å². The zero-order valence-corrected chi connectivity index (χ0v) is 6.65. The Hall–Kier alpha value is -0.300. The Morgan fingerprint density at radius 2 is 1.40 bits per heavy atom. The van der Waals surface area contributed by atoms with Gasteiger partial charge in [0.05, 0.1) is 0 Å². The van der Waals surface area contributed by atoms with Crippen LogP contribution in [0, 0.1) is 0 Å². The van der Waals surface area contributed by atoms with Crippen LogP contribution in [0.25, 0.3) is 0 Å². The topological polar surface area (TPSA) is 30.5 Å². The summed E-state index contributed by atoms with van der Waals surface area (Å²) in [5, 5.41) is 3.95. The highest BCUT2D eigenvalue weighted by molar-refractivity contribution is 8.02. The summed E-state index contributed by atoms with van der Waals surface area (Å²) in [5.74, 6) is 0. The minimum atomic E-state index is 1.58. The van der Waals surface area contributed by atoms with Crippen LogP contribution in [-0.2, 0) is 0 Å². The minimum absolute atomic E-state index is 1.58. The first-order chi connectivity index (χ1) is 4.97. The molecule has 0 aromatic rings. The summed E-state index contributed by atoms with van der Waals surface area (Å²) >= 11 is 3.17. The largest absolute Gasteiger partial charge is 0.300 e. The molecule has 10 heavy (non-hydrogen) atoms. The van der Waals surface area contributed by atoms with Crippen LogP contribution in [-0.4, -0.2) is 9.05 Å². The molecule has 2 rings (SSSR count). The van der Waals surface area contributed by atoms with Crippen molar-refractivity contribution in [3.05, 3.63) is 23.2 Å². The smallest absolute Gasteiger partial charge is 0.0229 e. The first-order valence-electron chi connectivity index (χ1n) is 2.73. The van der Waals surface area contributed by atoms with Gasteiger partial charge in [0.15, 0.2) is 0 Å². The van der Waals surface area contributed by atoms with E-state index < -0.39 is 0 Å². The molecule has 0 saturated carbocycles. The van der Waals surface area contributed by atoms with E-state index in [9.17, 15) is 0 Å². The number of rotatable bonds is 1. The fraction of sp³-hybridized carbons (Fsp3) is 0. The summed E-state index contributed by atoms with van der Waals surface area (Å²) < 4.78 is 3.76. The molecule has 2 aliphatic rings. The lowest BCUT2D eigenvalue weighted by Crippen LogP contribution is -2.41. The second-order valence-electron chi connectivity index (χ2n) is 1.62. The number of hydrazine groups is 3. The molecule has 0 saturated heterocycles. The van der Waals surface area contributed by atoms with Crippen LogP contribution in [0.2, 0.25) is 0 Å². The summed E-state index contributed by atoms with van der Waals surface area (Å²) in [6.45, 7) is 0. The summed E-state index contributed by atoms with van der Waals surface area (Å²) in [6.07, 6.45) is 3.76. The van der Waals surface area contributed by atoms with Gasteiger partial charge in [-0.15, -0.1) is 0 Å². The van der Waals surface area contributed by atoms with Gasteiger partial charge in [-0.25, -0.2) is 0 Å². The van der Waals surface area contributed by atoms with Gasteiger partial charge in [-0.2, -0.15) is 0 Å². The Morgan fingerprint density at radius 3 is 1.70 bits per heavy atom. The molecule has 0 bridgehead atoms. The van der Waals surface area contributed by atoms with Crippen molar-refractivity contribution in [1.82, 2.24) is 19.9 Å². The maximum absolute atomic E-state index is 3.02. The van der Waals surface area contributed by atoms with Crippen molar-refractivity contribution in [2.24, 2.45) is 0 Å². The highest BCUT2D eigenvalue weighted by Gasteiger charge is 2.18. The maximum Gasteiger partial charge on any atom is 0.0229 e. The summed E-state index contributed by atoms with van der Waals surface area (Å²) in [4.78, 5) is 0. The second kappa shape index (κ2) is 2.75. The lowest BCUT2D eigenvalue weighted by molar-refractivity contribution is 0.133. The monoisotopic (exact) mass is 174 g/mol. The molecule has 0 amide bonds. The van der Waals surface area contributed by atoms with Gasteiger partial charge in [0, 0.05) is 23.2 Å². The quantitative estimate of drug-likeness (QED) is 0.571. The molecule has 2 N–H and O–H groups in total. The summed E-state index contributed by atoms with van der Waals surface area (Å²) in [6, 6.07) is 0. The lowest BCUT2D eigenvalue weighted by atomic mass is 11.1. The predicted octanol–water partition coefficient (Wildman–Crippen LogP) is 0.781. The molecule has 6 heteroatoms. The average molecular weight is 174 g/mol. The SMILES string of the molecule is C1=CSN(N2NC=CS2)N1. The molecule has 0 atom stereocenters. The van der Waals surface area contributed by atoms with Crippen LogP contribution in [0.5, 0.6) is 0 Å². The van der Waals surface area contributed by atoms with E-state index in [0.717, 1.165) is 0 Å². The van der Waals surface area contributed by atoms with Gasteiger partial charge in [-0.05, 0) is 23.9 Å². The van der Waals surface area contributed by atoms with Crippen molar-refractivity contribution in [3.8, 4) is 0 Å². The van der Waals surface area contributed by atoms with Crippen molar-refractivity contribution < 1.29 is 0 Å². The molecule has 0 aromatic heterocycles. The summed E-state index contributed by atoms with van der Waals surface area (Å²) in [7, 11) is 0. The Morgan fingerprint density at radius 1 is 0.900 bits per heavy atom. The molecule has 0 spiro atoms. The minimum Gasteiger partial charge on any atom is -0.300 e. The van der Waals surface area contributed by atoms with Crippen molar-refractivity contribution >= 4 is 23.9 Å². The third-order valence-electron chi connectivity index (χ3n) is 0.992. The lowest BCUT2D eigenvalue weighted by Gasteiger charge is -2.23. The molecule has 4 nitrogen and oxygen atoms in total. The van der Waals surface area contributed by atoms with E-state index in [4.69, 9.17) is 0 Å². The zero-order chi connectivity index (χ0) is 6.81. The molecule has 0 aliphatic carbocycles. The van der Waals surface area contributed by atoms with Crippen LogP contribution in [0.3, 0.4) is 0 Å². The Bertz CT molecular complexity index is 144. The van der Waals surface area contributed by atoms with E-state index in [2.05, 4.69) is 10.9 Å². The van der Waals surface area contributed by atoms with Gasteiger partial charge in [-0.1, -0.05) is 9.05 Å². The van der Waals surface area contributed by atoms with Gasteiger partial charge < -0.3 is 0 Å². The molecule has 2 aliphatic heterocycles. The second-order valence-corrected chi connectivity index (χ2v) is 3.28. The van der Waals surface area contributed by atoms with Gasteiger partial charge in [0.25, 0.3) is 0 Å². The molecular weight excluding hydrogens is 168 g/mol. The van der Waals surface area contributed by atoms with E-state index >= 15 is 0 Å². The Balaban J connectivity index is 1.89. The van der Waals surface area contributed by atoms with Crippen LogP contribution < -0.4 is 10.9 Å². The molecule has 0 unspecified atom stereocenters. The number of hydrogen-bond donors (Lipinski definition) is 2. The van der Waals surface area contributed by atoms with Gasteiger partial charge in [-0.3, -0.25) is 10.9 Å². The molecular formula is C4H6N4S2. The Labute approximate surface area is 67.5 Å². The van der Waals surface area contributed by atoms with E-state index in [-0.39, 0.29) is 0 Å². The molecule has 0 fully saturated rings. The zero-order valence-electron chi connectivity index (χ0n) is 5.02.